The number of rotatable bonds is 3. The average Bonchev–Trinajstić information content (AvgIpc) is 3.35. The third-order valence-corrected chi connectivity index (χ3v) is 5.56. The first-order valence-electron chi connectivity index (χ1n) is 9.29. The van der Waals surface area contributed by atoms with Gasteiger partial charge in [-0.2, -0.15) is 0 Å². The molecule has 146 valence electrons. The number of halogens is 2. The first-order chi connectivity index (χ1) is 13.6. The lowest BCUT2D eigenvalue weighted by Gasteiger charge is -2.41. The zero-order chi connectivity index (χ0) is 19.3. The fourth-order valence-electron chi connectivity index (χ4n) is 4.08. The topological polar surface area (TPSA) is 54.0 Å². The van der Waals surface area contributed by atoms with E-state index in [2.05, 4.69) is 34.0 Å². The van der Waals surface area contributed by atoms with Gasteiger partial charge in [-0.3, -0.25) is 0 Å². The Morgan fingerprint density at radius 1 is 1.14 bits per heavy atom. The summed E-state index contributed by atoms with van der Waals surface area (Å²) >= 11 is 0. The lowest BCUT2D eigenvalue weighted by Crippen LogP contribution is -2.53. The summed E-state index contributed by atoms with van der Waals surface area (Å²) in [5.74, 6) is 0. The monoisotopic (exact) mass is 385 g/mol. The third kappa shape index (κ3) is 2.76. The Bertz CT molecular complexity index is 892. The molecule has 0 aliphatic carbocycles. The molecule has 0 radical (unpaired) electrons. The minimum Gasteiger partial charge on any atom is -0.368 e. The van der Waals surface area contributed by atoms with Crippen molar-refractivity contribution in [3.8, 4) is 0 Å². The average molecular weight is 385 g/mol. The number of anilines is 1. The Hall–Kier alpha value is -2.84. The van der Waals surface area contributed by atoms with Crippen molar-refractivity contribution in [3.63, 3.8) is 0 Å². The summed E-state index contributed by atoms with van der Waals surface area (Å²) in [6.07, 6.45) is 6.90. The van der Waals surface area contributed by atoms with E-state index < -0.39 is 12.7 Å². The van der Waals surface area contributed by atoms with Gasteiger partial charge in [0.25, 0.3) is 6.43 Å². The maximum atomic E-state index is 12.8. The van der Waals surface area contributed by atoms with Crippen molar-refractivity contribution in [2.24, 2.45) is 0 Å². The Balaban J connectivity index is 1.45. The smallest absolute Gasteiger partial charge is 0.263 e. The molecule has 4 heterocycles. The molecule has 28 heavy (non-hydrogen) atoms. The fourth-order valence-corrected chi connectivity index (χ4v) is 4.08. The van der Waals surface area contributed by atoms with Gasteiger partial charge >= 0.3 is 0 Å². The normalized spacial score (nSPS) is 26.0. The molecular weight excluding hydrogens is 364 g/mol. The van der Waals surface area contributed by atoms with Gasteiger partial charge in [0.05, 0.1) is 12.2 Å². The lowest BCUT2D eigenvalue weighted by atomic mass is 10.0. The van der Waals surface area contributed by atoms with Crippen LogP contribution in [0, 0.1) is 0 Å². The number of fused-ring (bicyclic) bond motifs is 2. The van der Waals surface area contributed by atoms with Crippen LogP contribution < -0.4 is 15.6 Å². The second kappa shape index (κ2) is 6.65. The van der Waals surface area contributed by atoms with Crippen molar-refractivity contribution >= 4 is 5.69 Å². The number of nitrogens with zero attached hydrogens (tertiary/aromatic N) is 3. The van der Waals surface area contributed by atoms with Crippen LogP contribution in [0.15, 0.2) is 71.9 Å². The van der Waals surface area contributed by atoms with Crippen molar-refractivity contribution in [2.45, 2.75) is 18.8 Å². The van der Waals surface area contributed by atoms with Gasteiger partial charge in [-0.05, 0) is 23.8 Å². The zero-order valence-corrected chi connectivity index (χ0v) is 15.1. The van der Waals surface area contributed by atoms with Gasteiger partial charge in [0, 0.05) is 48.5 Å². The largest absolute Gasteiger partial charge is 0.368 e. The van der Waals surface area contributed by atoms with Crippen LogP contribution in [0.1, 0.15) is 12.0 Å². The highest BCUT2D eigenvalue weighted by molar-refractivity contribution is 5.55. The molecule has 6 nitrogen and oxygen atoms in total. The van der Waals surface area contributed by atoms with Crippen molar-refractivity contribution in [1.29, 1.82) is 0 Å². The van der Waals surface area contributed by atoms with E-state index >= 15 is 0 Å². The molecule has 0 amide bonds. The third-order valence-electron chi connectivity index (χ3n) is 5.56. The van der Waals surface area contributed by atoms with Gasteiger partial charge < -0.3 is 25.2 Å². The van der Waals surface area contributed by atoms with Crippen LogP contribution in [0.2, 0.25) is 0 Å². The van der Waals surface area contributed by atoms with Gasteiger partial charge in [-0.25, -0.2) is 14.2 Å². The van der Waals surface area contributed by atoms with E-state index in [0.29, 0.717) is 19.6 Å². The molecule has 8 heteroatoms. The minimum atomic E-state index is -2.49. The number of hydrogen-bond donors (Lipinski definition) is 3. The quantitative estimate of drug-likeness (QED) is 0.740. The molecule has 1 aromatic carbocycles. The second-order valence-corrected chi connectivity index (χ2v) is 7.13. The molecule has 2 unspecified atom stereocenters. The van der Waals surface area contributed by atoms with Crippen LogP contribution in [-0.2, 0) is 0 Å². The lowest BCUT2D eigenvalue weighted by molar-refractivity contribution is 0.117. The van der Waals surface area contributed by atoms with Crippen molar-refractivity contribution in [2.75, 3.05) is 24.5 Å². The van der Waals surface area contributed by atoms with Gasteiger partial charge in [0.2, 0.25) is 0 Å². The van der Waals surface area contributed by atoms with Crippen molar-refractivity contribution in [1.82, 2.24) is 20.7 Å². The minimum absolute atomic E-state index is 0.0151. The summed E-state index contributed by atoms with van der Waals surface area (Å²) in [4.78, 5) is 3.93. The molecule has 0 spiro atoms. The molecule has 1 fully saturated rings. The highest BCUT2D eigenvalue weighted by Gasteiger charge is 2.37. The first kappa shape index (κ1) is 17.3. The number of piperazine rings is 1. The molecule has 0 saturated carbocycles. The van der Waals surface area contributed by atoms with Gasteiger partial charge in [-0.1, -0.05) is 18.2 Å². The molecule has 0 aromatic heterocycles. The molecule has 0 bridgehead atoms. The predicted molar refractivity (Wildman–Crippen MR) is 102 cm³/mol. The zero-order valence-electron chi connectivity index (χ0n) is 15.1. The number of aliphatic hydroxyl groups is 1. The predicted octanol–water partition coefficient (Wildman–Crippen LogP) is 1.99. The number of alkyl halides is 2. The van der Waals surface area contributed by atoms with E-state index in [9.17, 15) is 13.9 Å². The van der Waals surface area contributed by atoms with E-state index in [-0.39, 0.29) is 11.7 Å². The molecule has 1 aromatic rings. The highest BCUT2D eigenvalue weighted by atomic mass is 19.3. The van der Waals surface area contributed by atoms with E-state index in [4.69, 9.17) is 0 Å². The van der Waals surface area contributed by atoms with E-state index in [1.54, 1.807) is 12.1 Å². The highest BCUT2D eigenvalue weighted by Crippen LogP contribution is 2.34. The Morgan fingerprint density at radius 2 is 1.96 bits per heavy atom. The number of allylic oxidation sites excluding steroid dienone is 1. The van der Waals surface area contributed by atoms with Gasteiger partial charge in [-0.15, -0.1) is 0 Å². The van der Waals surface area contributed by atoms with E-state index in [1.807, 2.05) is 22.3 Å². The second-order valence-electron chi connectivity index (χ2n) is 7.13. The van der Waals surface area contributed by atoms with Crippen molar-refractivity contribution < 1.29 is 13.9 Å². The van der Waals surface area contributed by atoms with E-state index in [0.717, 1.165) is 22.5 Å². The standard InChI is InChI=1S/C20H21F2N5O/c21-19(22)13-1-4-15(5-2-13)26-9-10-27-18(20(26)28)16(11-24-27)14-3-6-17-23-7-8-25(17)12-14/h1-8,12,17,19-20,23-24,28H,9-11H2. The summed E-state index contributed by atoms with van der Waals surface area (Å²) in [6, 6.07) is 6.13. The van der Waals surface area contributed by atoms with Crippen LogP contribution in [0.5, 0.6) is 0 Å². The number of aliphatic hydroxyl groups excluding tert-OH is 1. The number of hydrazine groups is 1. The molecule has 4 aliphatic heterocycles. The van der Waals surface area contributed by atoms with Gasteiger partial charge in [0.15, 0.2) is 6.23 Å². The molecular formula is C20H21F2N5O. The molecule has 3 N–H and O–H groups in total. The first-order valence-corrected chi connectivity index (χ1v) is 9.29. The number of benzene rings is 1. The van der Waals surface area contributed by atoms with Crippen molar-refractivity contribution in [3.05, 3.63) is 77.4 Å². The van der Waals surface area contributed by atoms with Crippen LogP contribution in [-0.4, -0.2) is 47.0 Å². The number of nitrogens with one attached hydrogen (secondary N) is 2. The van der Waals surface area contributed by atoms with Crippen LogP contribution in [0.3, 0.4) is 0 Å². The summed E-state index contributed by atoms with van der Waals surface area (Å²) in [7, 11) is 0. The Labute approximate surface area is 161 Å². The summed E-state index contributed by atoms with van der Waals surface area (Å²) < 4.78 is 25.7. The summed E-state index contributed by atoms with van der Waals surface area (Å²) in [6.45, 7) is 1.92. The van der Waals surface area contributed by atoms with E-state index in [1.165, 1.54) is 12.1 Å². The number of hydrogen-bond acceptors (Lipinski definition) is 6. The fraction of sp³-hybridized carbons (Fsp3) is 0.300. The van der Waals surface area contributed by atoms with Gasteiger partial charge in [0.1, 0.15) is 6.17 Å². The molecule has 4 aliphatic rings. The maximum absolute atomic E-state index is 12.8. The maximum Gasteiger partial charge on any atom is 0.263 e. The Kier molecular flexibility index (Phi) is 4.10. The van der Waals surface area contributed by atoms with Crippen LogP contribution >= 0.6 is 0 Å². The Morgan fingerprint density at radius 3 is 2.75 bits per heavy atom. The van der Waals surface area contributed by atoms with Crippen LogP contribution in [0.4, 0.5) is 14.5 Å². The molecule has 1 saturated heterocycles. The molecule has 2 atom stereocenters. The SMILES string of the molecule is OC1C2=C(C3=CN4C=CNC4C=C3)CNN2CCN1c1ccc(C(F)F)cc1. The summed E-state index contributed by atoms with van der Waals surface area (Å²) in [5.41, 5.74) is 6.95. The summed E-state index contributed by atoms with van der Waals surface area (Å²) in [5, 5.41) is 16.3. The van der Waals surface area contributed by atoms with Crippen LogP contribution in [0.25, 0.3) is 0 Å². The molecule has 5 rings (SSSR count).